The van der Waals surface area contributed by atoms with Crippen LogP contribution in [0.5, 0.6) is 0 Å². The van der Waals surface area contributed by atoms with E-state index in [1.165, 1.54) is 21.1 Å². The number of aliphatic hydroxyl groups excluding tert-OH is 1. The summed E-state index contributed by atoms with van der Waals surface area (Å²) in [6, 6.07) is 9.90. The minimum Gasteiger partial charge on any atom is -0.442 e. The van der Waals surface area contributed by atoms with E-state index in [4.69, 9.17) is 21.1 Å². The summed E-state index contributed by atoms with van der Waals surface area (Å²) in [5.74, 6) is -0.621. The highest BCUT2D eigenvalue weighted by molar-refractivity contribution is 7.18. The third-order valence-electron chi connectivity index (χ3n) is 4.66. The number of benzene rings is 1. The van der Waals surface area contributed by atoms with Crippen molar-refractivity contribution in [3.8, 4) is 0 Å². The molecule has 9 nitrogen and oxygen atoms in total. The Labute approximate surface area is 180 Å². The summed E-state index contributed by atoms with van der Waals surface area (Å²) in [5.41, 5.74) is 1.09. The van der Waals surface area contributed by atoms with E-state index in [1.807, 2.05) is 0 Å². The van der Waals surface area contributed by atoms with Crippen LogP contribution in [0.3, 0.4) is 0 Å². The second-order valence-corrected chi connectivity index (χ2v) is 8.42. The Morgan fingerprint density at radius 3 is 2.60 bits per heavy atom. The second-order valence-electron chi connectivity index (χ2n) is 6.71. The smallest absolute Gasteiger partial charge is 0.414 e. The van der Waals surface area contributed by atoms with Crippen LogP contribution in [0.2, 0.25) is 4.34 Å². The Bertz CT molecular complexity index is 965. The summed E-state index contributed by atoms with van der Waals surface area (Å²) in [4.78, 5) is 39.5. The number of morpholine rings is 1. The molecule has 1 aromatic heterocycles. The molecule has 2 aliphatic heterocycles. The lowest BCUT2D eigenvalue weighted by Crippen LogP contribution is -2.49. The maximum Gasteiger partial charge on any atom is 0.414 e. The molecular formula is C19H18ClN3O6S. The number of rotatable bonds is 5. The van der Waals surface area contributed by atoms with Gasteiger partial charge in [-0.1, -0.05) is 11.6 Å². The molecule has 0 aliphatic carbocycles. The first-order valence-corrected chi connectivity index (χ1v) is 10.3. The Morgan fingerprint density at radius 2 is 1.93 bits per heavy atom. The molecule has 0 saturated carbocycles. The van der Waals surface area contributed by atoms with Gasteiger partial charge >= 0.3 is 6.09 Å². The Morgan fingerprint density at radius 1 is 1.20 bits per heavy atom. The zero-order valence-corrected chi connectivity index (χ0v) is 17.2. The van der Waals surface area contributed by atoms with Gasteiger partial charge in [0.05, 0.1) is 28.9 Å². The number of amides is 3. The van der Waals surface area contributed by atoms with Gasteiger partial charge in [0.1, 0.15) is 12.7 Å². The van der Waals surface area contributed by atoms with Gasteiger partial charge in [-0.05, 0) is 36.4 Å². The van der Waals surface area contributed by atoms with Crippen molar-refractivity contribution in [3.05, 3.63) is 45.6 Å². The van der Waals surface area contributed by atoms with Crippen LogP contribution in [0.1, 0.15) is 9.67 Å². The number of ether oxygens (including phenoxy) is 2. The van der Waals surface area contributed by atoms with Crippen LogP contribution in [-0.4, -0.2) is 61.6 Å². The predicted octanol–water partition coefficient (Wildman–Crippen LogP) is 1.84. The van der Waals surface area contributed by atoms with Crippen LogP contribution >= 0.6 is 22.9 Å². The first kappa shape index (κ1) is 20.6. The zero-order chi connectivity index (χ0) is 21.3. The van der Waals surface area contributed by atoms with E-state index >= 15 is 0 Å². The van der Waals surface area contributed by atoms with Gasteiger partial charge in [0.2, 0.25) is 0 Å². The van der Waals surface area contributed by atoms with Crippen molar-refractivity contribution in [2.75, 3.05) is 36.1 Å². The third kappa shape index (κ3) is 4.26. The second kappa shape index (κ2) is 8.60. The number of aliphatic hydroxyl groups is 1. The van der Waals surface area contributed by atoms with Gasteiger partial charge in [-0.25, -0.2) is 4.79 Å². The van der Waals surface area contributed by atoms with E-state index in [1.54, 1.807) is 36.4 Å². The molecule has 0 bridgehead atoms. The molecule has 2 aliphatic rings. The summed E-state index contributed by atoms with van der Waals surface area (Å²) < 4.78 is 10.9. The quantitative estimate of drug-likeness (QED) is 0.718. The molecule has 30 heavy (non-hydrogen) atoms. The Balaban J connectivity index is 1.37. The van der Waals surface area contributed by atoms with Gasteiger partial charge in [0.25, 0.3) is 11.8 Å². The van der Waals surface area contributed by atoms with E-state index in [-0.39, 0.29) is 38.1 Å². The molecule has 0 spiro atoms. The first-order valence-electron chi connectivity index (χ1n) is 9.12. The van der Waals surface area contributed by atoms with Crippen molar-refractivity contribution in [3.63, 3.8) is 0 Å². The van der Waals surface area contributed by atoms with Crippen molar-refractivity contribution in [2.45, 2.75) is 12.3 Å². The minimum absolute atomic E-state index is 0.0387. The van der Waals surface area contributed by atoms with Crippen molar-refractivity contribution < 1.29 is 29.0 Å². The van der Waals surface area contributed by atoms with Crippen LogP contribution in [-0.2, 0) is 14.3 Å². The van der Waals surface area contributed by atoms with Crippen LogP contribution in [0.25, 0.3) is 0 Å². The molecule has 158 valence electrons. The molecule has 2 N–H and O–H groups in total. The standard InChI is InChI=1S/C19H18ClN3O6S/c20-15-6-5-14(30-15)18(26)21-7-13-8-22(19(27)29-13)11-1-3-12(4-2-11)23-16(24)9-28-10-17(23)25/h1-6,13,16,24H,7-10H2,(H,21,26)/t13-,16-/m1/s1. The molecule has 11 heteroatoms. The predicted molar refractivity (Wildman–Crippen MR) is 110 cm³/mol. The third-order valence-corrected chi connectivity index (χ3v) is 5.89. The van der Waals surface area contributed by atoms with Crippen molar-refractivity contribution in [2.24, 2.45) is 0 Å². The van der Waals surface area contributed by atoms with E-state index in [2.05, 4.69) is 5.32 Å². The average Bonchev–Trinajstić information content (AvgIpc) is 3.32. The van der Waals surface area contributed by atoms with Crippen molar-refractivity contribution in [1.82, 2.24) is 5.32 Å². The number of hydrogen-bond donors (Lipinski definition) is 2. The largest absolute Gasteiger partial charge is 0.442 e. The molecule has 4 rings (SSSR count). The topological polar surface area (TPSA) is 108 Å². The lowest BCUT2D eigenvalue weighted by Gasteiger charge is -2.32. The number of cyclic esters (lactones) is 1. The normalized spacial score (nSPS) is 21.7. The molecule has 2 saturated heterocycles. The fraction of sp³-hybridized carbons (Fsp3) is 0.316. The van der Waals surface area contributed by atoms with Gasteiger partial charge in [-0.3, -0.25) is 19.4 Å². The molecule has 2 fully saturated rings. The van der Waals surface area contributed by atoms with Gasteiger partial charge in [-0.15, -0.1) is 11.3 Å². The van der Waals surface area contributed by atoms with E-state index in [9.17, 15) is 19.5 Å². The number of nitrogens with zero attached hydrogens (tertiary/aromatic N) is 2. The molecule has 2 aromatic rings. The van der Waals surface area contributed by atoms with Crippen LogP contribution in [0.4, 0.5) is 16.2 Å². The minimum atomic E-state index is -1.06. The maximum atomic E-state index is 12.2. The highest BCUT2D eigenvalue weighted by Crippen LogP contribution is 2.27. The van der Waals surface area contributed by atoms with Crippen molar-refractivity contribution >= 4 is 52.2 Å². The number of carbonyl (C=O) groups excluding carboxylic acids is 3. The van der Waals surface area contributed by atoms with Gasteiger partial charge in [0.15, 0.2) is 6.23 Å². The van der Waals surface area contributed by atoms with E-state index in [0.717, 1.165) is 0 Å². The fourth-order valence-electron chi connectivity index (χ4n) is 3.24. The number of nitrogens with one attached hydrogen (secondary N) is 1. The number of halogens is 1. The highest BCUT2D eigenvalue weighted by Gasteiger charge is 2.33. The summed E-state index contributed by atoms with van der Waals surface area (Å²) in [7, 11) is 0. The molecule has 3 heterocycles. The van der Waals surface area contributed by atoms with Gasteiger partial charge in [0, 0.05) is 11.4 Å². The number of anilines is 2. The molecule has 3 amide bonds. The molecule has 0 radical (unpaired) electrons. The van der Waals surface area contributed by atoms with Gasteiger partial charge in [-0.2, -0.15) is 0 Å². The molecular weight excluding hydrogens is 434 g/mol. The summed E-state index contributed by atoms with van der Waals surface area (Å²) in [6.45, 7) is 0.380. The number of thiophene rings is 1. The Kier molecular flexibility index (Phi) is 5.91. The maximum absolute atomic E-state index is 12.2. The van der Waals surface area contributed by atoms with E-state index < -0.39 is 18.4 Å². The summed E-state index contributed by atoms with van der Waals surface area (Å²) >= 11 is 7.01. The molecule has 1 aromatic carbocycles. The lowest BCUT2D eigenvalue weighted by molar-refractivity contribution is -0.132. The monoisotopic (exact) mass is 451 g/mol. The SMILES string of the molecule is O=C(NC[C@@H]1CN(c2ccc(N3C(=O)COC[C@H]3O)cc2)C(=O)O1)c1ccc(Cl)s1. The zero-order valence-electron chi connectivity index (χ0n) is 15.6. The summed E-state index contributed by atoms with van der Waals surface area (Å²) in [6.07, 6.45) is -2.08. The highest BCUT2D eigenvalue weighted by atomic mass is 35.5. The molecule has 0 unspecified atom stereocenters. The molecule has 2 atom stereocenters. The summed E-state index contributed by atoms with van der Waals surface area (Å²) in [5, 5.41) is 12.7. The average molecular weight is 452 g/mol. The number of hydrogen-bond acceptors (Lipinski definition) is 7. The fourth-order valence-corrected chi connectivity index (χ4v) is 4.20. The van der Waals surface area contributed by atoms with Crippen LogP contribution in [0.15, 0.2) is 36.4 Å². The van der Waals surface area contributed by atoms with Crippen molar-refractivity contribution in [1.29, 1.82) is 0 Å². The van der Waals surface area contributed by atoms with Gasteiger partial charge < -0.3 is 19.9 Å². The Hall–Kier alpha value is -2.66. The van der Waals surface area contributed by atoms with E-state index in [0.29, 0.717) is 20.6 Å². The lowest BCUT2D eigenvalue weighted by atomic mass is 10.2. The van der Waals surface area contributed by atoms with Crippen LogP contribution in [0, 0.1) is 0 Å². The number of carbonyl (C=O) groups is 3. The van der Waals surface area contributed by atoms with Crippen LogP contribution < -0.4 is 15.1 Å². The first-order chi connectivity index (χ1) is 14.4.